The van der Waals surface area contributed by atoms with Gasteiger partial charge in [0.05, 0.1) is 6.61 Å². The minimum atomic E-state index is -1.26. The third-order valence-corrected chi connectivity index (χ3v) is 6.37. The van der Waals surface area contributed by atoms with Crippen molar-refractivity contribution in [3.63, 3.8) is 0 Å². The maximum atomic E-state index is 11.7. The van der Waals surface area contributed by atoms with Crippen molar-refractivity contribution in [3.8, 4) is 22.6 Å². The van der Waals surface area contributed by atoms with Gasteiger partial charge in [0, 0.05) is 20.4 Å². The molecule has 0 aliphatic carbocycles. The molecule has 44 heavy (non-hydrogen) atoms. The molecule has 0 aromatic heterocycles. The first-order valence-electron chi connectivity index (χ1n) is 14.1. The Bertz CT molecular complexity index is 1390. The fraction of sp³-hybridized carbons (Fsp3) is 0.344. The number of hydroxylamine groups is 1. The number of aliphatic carboxylic acids is 1. The molecule has 12 heteroatoms. The predicted molar refractivity (Wildman–Crippen MR) is 164 cm³/mol. The molecule has 11 nitrogen and oxygen atoms in total. The summed E-state index contributed by atoms with van der Waals surface area (Å²) in [6, 6.07) is 19.2. The Morgan fingerprint density at radius 1 is 0.932 bits per heavy atom. The predicted octanol–water partition coefficient (Wildman–Crippen LogP) is 3.76. The zero-order valence-electron chi connectivity index (χ0n) is 25.6. The van der Waals surface area contributed by atoms with Crippen LogP contribution in [0.2, 0.25) is 0 Å². The van der Waals surface area contributed by atoms with Gasteiger partial charge in [-0.3, -0.25) is 4.79 Å². The van der Waals surface area contributed by atoms with Crippen LogP contribution < -0.4 is 20.4 Å². The highest BCUT2D eigenvalue weighted by Gasteiger charge is 2.23. The van der Waals surface area contributed by atoms with Gasteiger partial charge < -0.3 is 33.5 Å². The lowest BCUT2D eigenvalue weighted by molar-refractivity contribution is -0.156. The molecule has 0 amide bonds. The highest BCUT2D eigenvalue weighted by Crippen LogP contribution is 2.32. The van der Waals surface area contributed by atoms with Crippen LogP contribution in [0, 0.1) is 13.8 Å². The molecule has 3 rings (SSSR count). The van der Waals surface area contributed by atoms with Crippen molar-refractivity contribution in [2.75, 3.05) is 26.9 Å². The van der Waals surface area contributed by atoms with Crippen LogP contribution in [0.4, 0.5) is 0 Å². The normalized spacial score (nSPS) is 11.4. The largest absolute Gasteiger partial charge is 0.511 e. The van der Waals surface area contributed by atoms with E-state index in [0.29, 0.717) is 30.8 Å². The Morgan fingerprint density at radius 2 is 1.64 bits per heavy atom. The number of esters is 2. The molecule has 3 aromatic carbocycles. The van der Waals surface area contributed by atoms with Crippen LogP contribution in [-0.4, -0.2) is 63.1 Å². The lowest BCUT2D eigenvalue weighted by Crippen LogP contribution is -2.41. The Labute approximate surface area is 257 Å². The molecule has 0 aliphatic rings. The summed E-state index contributed by atoms with van der Waals surface area (Å²) in [5, 5.41) is 8.62. The Morgan fingerprint density at radius 3 is 2.27 bits per heavy atom. The van der Waals surface area contributed by atoms with E-state index >= 15 is 0 Å². The average molecular weight is 607 g/mol. The van der Waals surface area contributed by atoms with Gasteiger partial charge in [-0.05, 0) is 84.4 Å². The van der Waals surface area contributed by atoms with Crippen molar-refractivity contribution >= 4 is 30.5 Å². The van der Waals surface area contributed by atoms with E-state index in [1.807, 2.05) is 31.2 Å². The quantitative estimate of drug-likeness (QED) is 0.132. The summed E-state index contributed by atoms with van der Waals surface area (Å²) >= 11 is 0. The number of carboxylic acids is 1. The minimum Gasteiger partial charge on any atom is -0.493 e. The fourth-order valence-electron chi connectivity index (χ4n) is 4.48. The van der Waals surface area contributed by atoms with Crippen molar-refractivity contribution < 1.29 is 47.8 Å². The van der Waals surface area contributed by atoms with Crippen molar-refractivity contribution in [3.05, 3.63) is 77.4 Å². The van der Waals surface area contributed by atoms with E-state index in [0.717, 1.165) is 33.6 Å². The first-order valence-corrected chi connectivity index (χ1v) is 14.1. The van der Waals surface area contributed by atoms with Crippen molar-refractivity contribution in [2.24, 2.45) is 0 Å². The number of carbonyl (C=O) groups excluding carboxylic acids is 2. The Hall–Kier alpha value is -4.39. The van der Waals surface area contributed by atoms with E-state index in [1.54, 1.807) is 31.3 Å². The van der Waals surface area contributed by atoms with Crippen molar-refractivity contribution in [2.45, 2.75) is 46.8 Å². The highest BCUT2D eigenvalue weighted by atomic mass is 16.7. The van der Waals surface area contributed by atoms with Crippen LogP contribution in [0.25, 0.3) is 11.1 Å². The molecule has 0 radical (unpaired) electrons. The number of benzene rings is 3. The lowest BCUT2D eigenvalue weighted by Gasteiger charge is -2.16. The molecule has 0 spiro atoms. The van der Waals surface area contributed by atoms with Crippen LogP contribution in [0.15, 0.2) is 60.7 Å². The second-order valence-electron chi connectivity index (χ2n) is 10.1. The number of carboxylic acid groups (broad SMARTS) is 1. The number of ether oxygens (including phenoxy) is 4. The van der Waals surface area contributed by atoms with E-state index in [1.165, 1.54) is 6.92 Å². The summed E-state index contributed by atoms with van der Waals surface area (Å²) in [4.78, 5) is 33.3. The van der Waals surface area contributed by atoms with Crippen LogP contribution in [0.3, 0.4) is 0 Å². The summed E-state index contributed by atoms with van der Waals surface area (Å²) in [7, 11) is 0.614. The molecule has 0 fully saturated rings. The molecule has 0 saturated heterocycles. The summed E-state index contributed by atoms with van der Waals surface area (Å²) in [6.07, 6.45) is 0.403. The monoisotopic (exact) mass is 607 g/mol. The molecule has 0 bridgehead atoms. The molecule has 0 unspecified atom stereocenters. The van der Waals surface area contributed by atoms with Gasteiger partial charge in [0.1, 0.15) is 30.8 Å². The third kappa shape index (κ3) is 11.0. The van der Waals surface area contributed by atoms with Gasteiger partial charge in [-0.25, -0.2) is 15.1 Å². The Kier molecular flexibility index (Phi) is 13.2. The molecular weight excluding hydrogens is 569 g/mol. The molecule has 0 aliphatic heterocycles. The van der Waals surface area contributed by atoms with Gasteiger partial charge in [-0.15, -0.1) is 0 Å². The summed E-state index contributed by atoms with van der Waals surface area (Å²) in [6.45, 7) is 6.91. The first kappa shape index (κ1) is 34.1. The zero-order valence-corrected chi connectivity index (χ0v) is 25.6. The molecule has 0 heterocycles. The van der Waals surface area contributed by atoms with Gasteiger partial charge in [-0.1, -0.05) is 30.3 Å². The van der Waals surface area contributed by atoms with E-state index in [9.17, 15) is 14.4 Å². The maximum absolute atomic E-state index is 11.7. The standard InChI is InChI=1S/C32H38BNO10/c1-21-15-29(39-14-13-23(3)43-24(4)35)16-22(2)32(21)26-8-6-7-25(17-26)18-40-28-11-9-27(10-12-28)33(44-34-5)42-20-31(38)41-19-30(36)37/h6-12,15-17,23,34H,13-14,18-20H2,1-5H3,(H,36,37)/t23-/m1/s1. The number of rotatable bonds is 17. The molecule has 234 valence electrons. The van der Waals surface area contributed by atoms with Gasteiger partial charge in [-0.2, -0.15) is 0 Å². The van der Waals surface area contributed by atoms with Crippen molar-refractivity contribution in [1.29, 1.82) is 0 Å². The van der Waals surface area contributed by atoms with Gasteiger partial charge in [0.2, 0.25) is 0 Å². The second-order valence-corrected chi connectivity index (χ2v) is 10.1. The Balaban J connectivity index is 1.59. The number of carbonyl (C=O) groups is 3. The number of hydrogen-bond acceptors (Lipinski definition) is 10. The van der Waals surface area contributed by atoms with Crippen molar-refractivity contribution in [1.82, 2.24) is 5.48 Å². The summed E-state index contributed by atoms with van der Waals surface area (Å²) in [5.74, 6) is -0.980. The second kappa shape index (κ2) is 17.0. The number of hydrogen-bond donors (Lipinski definition) is 2. The molecule has 1 atom stereocenters. The van der Waals surface area contributed by atoms with Crippen LogP contribution >= 0.6 is 0 Å². The molecule has 2 N–H and O–H groups in total. The third-order valence-electron chi connectivity index (χ3n) is 6.37. The van der Waals surface area contributed by atoms with E-state index in [-0.39, 0.29) is 12.1 Å². The van der Waals surface area contributed by atoms with Gasteiger partial charge >= 0.3 is 25.0 Å². The summed E-state index contributed by atoms with van der Waals surface area (Å²) < 4.78 is 32.4. The van der Waals surface area contributed by atoms with E-state index in [4.69, 9.17) is 28.7 Å². The SMILES string of the molecule is CNOB(OCC(=O)OCC(=O)O)c1ccc(OCc2cccc(-c3c(C)cc(OCC[C@@H](C)OC(C)=O)cc3C)c2)cc1. The van der Waals surface area contributed by atoms with E-state index < -0.39 is 32.3 Å². The molecule has 3 aromatic rings. The zero-order chi connectivity index (χ0) is 32.1. The summed E-state index contributed by atoms with van der Waals surface area (Å²) in [5.41, 5.74) is 8.48. The number of aryl methyl sites for hydroxylation is 2. The van der Waals surface area contributed by atoms with Gasteiger partial charge in [0.25, 0.3) is 0 Å². The van der Waals surface area contributed by atoms with Crippen LogP contribution in [-0.2, 0) is 39.9 Å². The van der Waals surface area contributed by atoms with Crippen LogP contribution in [0.1, 0.15) is 37.0 Å². The molecule has 0 saturated carbocycles. The topological polar surface area (TPSA) is 139 Å². The van der Waals surface area contributed by atoms with Crippen LogP contribution in [0.5, 0.6) is 11.5 Å². The minimum absolute atomic E-state index is 0.203. The fourth-order valence-corrected chi connectivity index (χ4v) is 4.48. The van der Waals surface area contributed by atoms with Gasteiger partial charge in [0.15, 0.2) is 6.61 Å². The molecular formula is C32H38BNO10. The highest BCUT2D eigenvalue weighted by molar-refractivity contribution is 6.61. The number of nitrogens with one attached hydrogen (secondary N) is 1. The lowest BCUT2D eigenvalue weighted by atomic mass is 9.79. The maximum Gasteiger partial charge on any atom is 0.511 e. The van der Waals surface area contributed by atoms with E-state index in [2.05, 4.69) is 36.2 Å². The smallest absolute Gasteiger partial charge is 0.493 e. The average Bonchev–Trinajstić information content (AvgIpc) is 2.97. The first-order chi connectivity index (χ1) is 21.0.